The molecule has 0 saturated carbocycles. The van der Waals surface area contributed by atoms with Crippen LogP contribution in [0.15, 0.2) is 48.5 Å². The minimum absolute atomic E-state index is 0.179. The zero-order chi connectivity index (χ0) is 16.1. The van der Waals surface area contributed by atoms with Gasteiger partial charge in [0.1, 0.15) is 11.6 Å². The quantitative estimate of drug-likeness (QED) is 0.907. The lowest BCUT2D eigenvalue weighted by Gasteiger charge is -2.23. The lowest BCUT2D eigenvalue weighted by atomic mass is 9.95. The van der Waals surface area contributed by atoms with Crippen LogP contribution < -0.4 is 10.1 Å². The molecule has 0 fully saturated rings. The number of hydrogen-bond donors (Lipinski definition) is 1. The van der Waals surface area contributed by atoms with E-state index in [1.165, 1.54) is 12.1 Å². The predicted molar refractivity (Wildman–Crippen MR) is 84.4 cm³/mol. The molecule has 2 aromatic rings. The molecule has 0 unspecified atom stereocenters. The number of methoxy groups -OCH3 is 1. The highest BCUT2D eigenvalue weighted by molar-refractivity contribution is 5.94. The molecule has 116 valence electrons. The molecule has 1 amide bonds. The second-order valence-electron chi connectivity index (χ2n) is 5.48. The van der Waals surface area contributed by atoms with Gasteiger partial charge in [-0.15, -0.1) is 0 Å². The highest BCUT2D eigenvalue weighted by Crippen LogP contribution is 2.23. The number of benzene rings is 2. The average molecular weight is 301 g/mol. The van der Waals surface area contributed by atoms with Gasteiger partial charge in [-0.05, 0) is 41.8 Å². The van der Waals surface area contributed by atoms with E-state index in [0.717, 1.165) is 5.56 Å². The third kappa shape index (κ3) is 3.85. The number of amides is 1. The molecular formula is C18H20FNO2. The lowest BCUT2D eigenvalue weighted by Crippen LogP contribution is -2.31. The van der Waals surface area contributed by atoms with Crippen molar-refractivity contribution in [2.45, 2.75) is 19.9 Å². The third-order valence-electron chi connectivity index (χ3n) is 3.51. The molecule has 0 saturated heterocycles. The van der Waals surface area contributed by atoms with E-state index in [2.05, 4.69) is 5.32 Å². The summed E-state index contributed by atoms with van der Waals surface area (Å²) in [5.74, 6) is 0.350. The second kappa shape index (κ2) is 7.07. The fourth-order valence-electron chi connectivity index (χ4n) is 2.29. The second-order valence-corrected chi connectivity index (χ2v) is 5.48. The van der Waals surface area contributed by atoms with Crippen LogP contribution in [0.4, 0.5) is 4.39 Å². The molecule has 0 spiro atoms. The summed E-state index contributed by atoms with van der Waals surface area (Å²) in [7, 11) is 1.56. The van der Waals surface area contributed by atoms with E-state index in [1.807, 2.05) is 13.8 Å². The zero-order valence-electron chi connectivity index (χ0n) is 13.0. The van der Waals surface area contributed by atoms with Crippen LogP contribution in [0.25, 0.3) is 0 Å². The maximum Gasteiger partial charge on any atom is 0.251 e. The van der Waals surface area contributed by atoms with Crippen molar-refractivity contribution in [1.82, 2.24) is 5.32 Å². The van der Waals surface area contributed by atoms with Gasteiger partial charge in [0.05, 0.1) is 13.2 Å². The minimum Gasteiger partial charge on any atom is -0.497 e. The predicted octanol–water partition coefficient (Wildman–Crippen LogP) is 3.96. The first-order chi connectivity index (χ1) is 10.5. The van der Waals surface area contributed by atoms with Gasteiger partial charge in [-0.2, -0.15) is 0 Å². The van der Waals surface area contributed by atoms with Crippen LogP contribution in [0, 0.1) is 11.7 Å². The van der Waals surface area contributed by atoms with Gasteiger partial charge < -0.3 is 10.1 Å². The number of carbonyl (C=O) groups is 1. The van der Waals surface area contributed by atoms with E-state index in [1.54, 1.807) is 43.5 Å². The Morgan fingerprint density at radius 2 is 1.82 bits per heavy atom. The van der Waals surface area contributed by atoms with Gasteiger partial charge in [0.25, 0.3) is 5.91 Å². The van der Waals surface area contributed by atoms with E-state index in [9.17, 15) is 9.18 Å². The smallest absolute Gasteiger partial charge is 0.251 e. The molecule has 0 radical (unpaired) electrons. The Kier molecular flexibility index (Phi) is 5.15. The molecular weight excluding hydrogens is 281 g/mol. The van der Waals surface area contributed by atoms with Crippen molar-refractivity contribution in [3.8, 4) is 5.75 Å². The van der Waals surface area contributed by atoms with E-state index in [-0.39, 0.29) is 23.7 Å². The average Bonchev–Trinajstić information content (AvgIpc) is 2.53. The molecule has 2 rings (SSSR count). The molecule has 0 aliphatic rings. The summed E-state index contributed by atoms with van der Waals surface area (Å²) in [6.07, 6.45) is 0. The normalized spacial score (nSPS) is 12.0. The van der Waals surface area contributed by atoms with E-state index >= 15 is 0 Å². The first kappa shape index (κ1) is 16.0. The van der Waals surface area contributed by atoms with Gasteiger partial charge >= 0.3 is 0 Å². The standard InChI is InChI=1S/C18H20FNO2/c1-12(2)17(13-7-9-15(19)10-8-13)20-18(21)14-5-4-6-16(11-14)22-3/h4-12,17H,1-3H3,(H,20,21)/t17-/m0/s1. The fraction of sp³-hybridized carbons (Fsp3) is 0.278. The number of carbonyl (C=O) groups excluding carboxylic acids is 1. The molecule has 0 aliphatic carbocycles. The zero-order valence-corrected chi connectivity index (χ0v) is 13.0. The van der Waals surface area contributed by atoms with E-state index in [4.69, 9.17) is 4.74 Å². The highest BCUT2D eigenvalue weighted by Gasteiger charge is 2.19. The summed E-state index contributed by atoms with van der Waals surface area (Å²) in [5.41, 5.74) is 1.42. The number of nitrogens with one attached hydrogen (secondary N) is 1. The van der Waals surface area contributed by atoms with Crippen LogP contribution in [-0.4, -0.2) is 13.0 Å². The van der Waals surface area contributed by atoms with Crippen molar-refractivity contribution < 1.29 is 13.9 Å². The Balaban J connectivity index is 2.20. The van der Waals surface area contributed by atoms with Gasteiger partial charge in [-0.25, -0.2) is 4.39 Å². The molecule has 2 aromatic carbocycles. The number of hydrogen-bond acceptors (Lipinski definition) is 2. The summed E-state index contributed by atoms with van der Waals surface area (Å²) in [5, 5.41) is 3.00. The van der Waals surface area contributed by atoms with Crippen molar-refractivity contribution in [3.05, 3.63) is 65.5 Å². The third-order valence-corrected chi connectivity index (χ3v) is 3.51. The molecule has 22 heavy (non-hydrogen) atoms. The Labute approximate surface area is 130 Å². The molecule has 0 aliphatic heterocycles. The van der Waals surface area contributed by atoms with Gasteiger partial charge in [0, 0.05) is 5.56 Å². The van der Waals surface area contributed by atoms with Gasteiger partial charge in [-0.1, -0.05) is 32.0 Å². The molecule has 0 aromatic heterocycles. The van der Waals surface area contributed by atoms with Crippen molar-refractivity contribution in [1.29, 1.82) is 0 Å². The van der Waals surface area contributed by atoms with Crippen LogP contribution in [0.5, 0.6) is 5.75 Å². The highest BCUT2D eigenvalue weighted by atomic mass is 19.1. The topological polar surface area (TPSA) is 38.3 Å². The SMILES string of the molecule is COc1cccc(C(=O)N[C@H](c2ccc(F)cc2)C(C)C)c1. The lowest BCUT2D eigenvalue weighted by molar-refractivity contribution is 0.0925. The van der Waals surface area contributed by atoms with E-state index in [0.29, 0.717) is 11.3 Å². The van der Waals surface area contributed by atoms with Crippen LogP contribution >= 0.6 is 0 Å². The summed E-state index contributed by atoms with van der Waals surface area (Å²) < 4.78 is 18.2. The maximum absolute atomic E-state index is 13.1. The molecule has 1 atom stereocenters. The van der Waals surface area contributed by atoms with Crippen molar-refractivity contribution in [2.75, 3.05) is 7.11 Å². The summed E-state index contributed by atoms with van der Waals surface area (Å²) in [6.45, 7) is 4.03. The van der Waals surface area contributed by atoms with Gasteiger partial charge in [0.15, 0.2) is 0 Å². The van der Waals surface area contributed by atoms with Crippen LogP contribution in [0.2, 0.25) is 0 Å². The Hall–Kier alpha value is -2.36. The molecule has 3 nitrogen and oxygen atoms in total. The largest absolute Gasteiger partial charge is 0.497 e. The minimum atomic E-state index is -0.287. The van der Waals surface area contributed by atoms with Gasteiger partial charge in [0.2, 0.25) is 0 Å². The van der Waals surface area contributed by atoms with Crippen LogP contribution in [0.3, 0.4) is 0 Å². The van der Waals surface area contributed by atoms with Crippen molar-refractivity contribution >= 4 is 5.91 Å². The first-order valence-corrected chi connectivity index (χ1v) is 7.21. The number of halogens is 1. The molecule has 4 heteroatoms. The van der Waals surface area contributed by atoms with Crippen LogP contribution in [0.1, 0.15) is 35.8 Å². The Morgan fingerprint density at radius 3 is 2.41 bits per heavy atom. The monoisotopic (exact) mass is 301 g/mol. The first-order valence-electron chi connectivity index (χ1n) is 7.21. The summed E-state index contributed by atoms with van der Waals surface area (Å²) in [6, 6.07) is 13.0. The fourth-order valence-corrected chi connectivity index (χ4v) is 2.29. The van der Waals surface area contributed by atoms with E-state index < -0.39 is 0 Å². The van der Waals surface area contributed by atoms with Crippen molar-refractivity contribution in [3.63, 3.8) is 0 Å². The Morgan fingerprint density at radius 1 is 1.14 bits per heavy atom. The van der Waals surface area contributed by atoms with Crippen LogP contribution in [-0.2, 0) is 0 Å². The summed E-state index contributed by atoms with van der Waals surface area (Å²) >= 11 is 0. The number of rotatable bonds is 5. The number of ether oxygens (including phenoxy) is 1. The molecule has 0 bridgehead atoms. The van der Waals surface area contributed by atoms with Crippen molar-refractivity contribution in [2.24, 2.45) is 5.92 Å². The Bertz CT molecular complexity index is 638. The molecule has 1 N–H and O–H groups in total. The van der Waals surface area contributed by atoms with Gasteiger partial charge in [-0.3, -0.25) is 4.79 Å². The maximum atomic E-state index is 13.1. The summed E-state index contributed by atoms with van der Waals surface area (Å²) in [4.78, 5) is 12.4. The molecule has 0 heterocycles.